The Morgan fingerprint density at radius 2 is 1.67 bits per heavy atom. The van der Waals surface area contributed by atoms with E-state index in [9.17, 15) is 0 Å². The van der Waals surface area contributed by atoms with Crippen LogP contribution in [0.5, 0.6) is 23.0 Å². The van der Waals surface area contributed by atoms with Gasteiger partial charge in [0, 0.05) is 17.2 Å². The van der Waals surface area contributed by atoms with Crippen LogP contribution in [0.1, 0.15) is 22.7 Å². The molecule has 24 heavy (non-hydrogen) atoms. The minimum Gasteiger partial charge on any atom is -0.454 e. The van der Waals surface area contributed by atoms with Crippen LogP contribution in [0.15, 0.2) is 18.2 Å². The maximum Gasteiger partial charge on any atom is 0.231 e. The summed E-state index contributed by atoms with van der Waals surface area (Å²) >= 11 is 0. The van der Waals surface area contributed by atoms with E-state index in [0.717, 1.165) is 53.5 Å². The lowest BCUT2D eigenvalue weighted by Gasteiger charge is -2.35. The van der Waals surface area contributed by atoms with Crippen molar-refractivity contribution in [2.24, 2.45) is 0 Å². The first-order chi connectivity index (χ1) is 11.4. The number of halogens is 1. The van der Waals surface area contributed by atoms with Gasteiger partial charge in [-0.25, -0.2) is 0 Å². The lowest BCUT2D eigenvalue weighted by atomic mass is 9.77. The highest BCUT2D eigenvalue weighted by Crippen LogP contribution is 2.56. The molecule has 0 aromatic heterocycles. The quantitative estimate of drug-likeness (QED) is 0.795. The van der Waals surface area contributed by atoms with Crippen molar-refractivity contribution in [3.05, 3.63) is 34.9 Å². The van der Waals surface area contributed by atoms with Crippen LogP contribution in [-0.4, -0.2) is 20.1 Å². The molecule has 0 spiro atoms. The van der Waals surface area contributed by atoms with E-state index in [1.54, 1.807) is 0 Å². The van der Waals surface area contributed by atoms with Gasteiger partial charge in [0.25, 0.3) is 0 Å². The summed E-state index contributed by atoms with van der Waals surface area (Å²) in [6.07, 6.45) is 1.98. The number of ether oxygens (including phenoxy) is 4. The minimum atomic E-state index is 0. The van der Waals surface area contributed by atoms with Crippen molar-refractivity contribution in [2.75, 3.05) is 20.1 Å². The Hall–Kier alpha value is -2.11. The van der Waals surface area contributed by atoms with Gasteiger partial charge in [-0.05, 0) is 48.2 Å². The lowest BCUT2D eigenvalue weighted by molar-refractivity contribution is 0.172. The van der Waals surface area contributed by atoms with Gasteiger partial charge in [-0.3, -0.25) is 0 Å². The zero-order chi connectivity index (χ0) is 15.0. The van der Waals surface area contributed by atoms with E-state index >= 15 is 0 Å². The van der Waals surface area contributed by atoms with Gasteiger partial charge in [-0.15, -0.1) is 12.4 Å². The molecular weight excluding hydrogens is 330 g/mol. The zero-order valence-corrected chi connectivity index (χ0v) is 13.7. The molecule has 5 nitrogen and oxygen atoms in total. The average molecular weight is 346 g/mol. The Morgan fingerprint density at radius 1 is 0.875 bits per heavy atom. The Labute approximate surface area is 145 Å². The molecule has 1 unspecified atom stereocenters. The second-order valence-electron chi connectivity index (χ2n) is 6.35. The Morgan fingerprint density at radius 3 is 2.54 bits per heavy atom. The SMILES string of the molecule is Cl.c1cc2c(c3c1CC1NCCc4cc5c(c-3c41)OCO5)OCO2. The van der Waals surface area contributed by atoms with Gasteiger partial charge in [0.05, 0.1) is 0 Å². The van der Waals surface area contributed by atoms with Gasteiger partial charge in [0.15, 0.2) is 23.0 Å². The van der Waals surface area contributed by atoms with Gasteiger partial charge in [-0.2, -0.15) is 0 Å². The molecule has 0 fully saturated rings. The van der Waals surface area contributed by atoms with Crippen molar-refractivity contribution < 1.29 is 18.9 Å². The standard InChI is InChI=1S/C18H15NO4.ClH/c1-2-12-17(22-7-20-12)15-9(1)5-11-14-10(3-4-19-11)6-13-18(16(14)15)23-8-21-13;/h1-2,6,11,19H,3-5,7-8H2;1H. The number of benzene rings is 2. The topological polar surface area (TPSA) is 49.0 Å². The molecule has 1 N–H and O–H groups in total. The maximum absolute atomic E-state index is 5.84. The van der Waals surface area contributed by atoms with Crippen LogP contribution in [0, 0.1) is 0 Å². The fourth-order valence-electron chi connectivity index (χ4n) is 4.30. The van der Waals surface area contributed by atoms with E-state index in [0.29, 0.717) is 6.04 Å². The molecule has 3 aliphatic heterocycles. The molecule has 6 heteroatoms. The Bertz CT molecular complexity index is 867. The number of hydrogen-bond donors (Lipinski definition) is 1. The smallest absolute Gasteiger partial charge is 0.231 e. The van der Waals surface area contributed by atoms with E-state index in [2.05, 4.69) is 17.4 Å². The summed E-state index contributed by atoms with van der Waals surface area (Å²) in [4.78, 5) is 0. The first kappa shape index (κ1) is 14.3. The van der Waals surface area contributed by atoms with Crippen LogP contribution in [0.3, 0.4) is 0 Å². The van der Waals surface area contributed by atoms with Gasteiger partial charge in [-0.1, -0.05) is 6.07 Å². The summed E-state index contributed by atoms with van der Waals surface area (Å²) < 4.78 is 22.9. The molecule has 4 aliphatic rings. The minimum absolute atomic E-state index is 0. The van der Waals surface area contributed by atoms with E-state index in [-0.39, 0.29) is 26.0 Å². The van der Waals surface area contributed by atoms with E-state index in [1.807, 2.05) is 6.07 Å². The van der Waals surface area contributed by atoms with Crippen molar-refractivity contribution in [2.45, 2.75) is 18.9 Å². The number of rotatable bonds is 0. The van der Waals surface area contributed by atoms with Gasteiger partial charge in [0.2, 0.25) is 13.6 Å². The molecule has 0 radical (unpaired) electrons. The summed E-state index contributed by atoms with van der Waals surface area (Å²) in [7, 11) is 0. The first-order valence-electron chi connectivity index (χ1n) is 8.01. The zero-order valence-electron chi connectivity index (χ0n) is 12.9. The molecule has 1 atom stereocenters. The van der Waals surface area contributed by atoms with E-state index in [1.165, 1.54) is 16.7 Å². The van der Waals surface area contributed by atoms with Crippen molar-refractivity contribution in [3.63, 3.8) is 0 Å². The third-order valence-corrected chi connectivity index (χ3v) is 5.22. The van der Waals surface area contributed by atoms with E-state index in [4.69, 9.17) is 18.9 Å². The molecule has 3 heterocycles. The third-order valence-electron chi connectivity index (χ3n) is 5.22. The molecule has 2 aromatic rings. The summed E-state index contributed by atoms with van der Waals surface area (Å²) in [5, 5.41) is 3.65. The van der Waals surface area contributed by atoms with Crippen molar-refractivity contribution in [1.82, 2.24) is 5.32 Å². The predicted octanol–water partition coefficient (Wildman–Crippen LogP) is 2.98. The fraction of sp³-hybridized carbons (Fsp3) is 0.333. The Kier molecular flexibility index (Phi) is 2.94. The summed E-state index contributed by atoms with van der Waals surface area (Å²) in [5.41, 5.74) is 6.23. The molecular formula is C18H16ClNO4. The van der Waals surface area contributed by atoms with Crippen molar-refractivity contribution >= 4 is 12.4 Å². The van der Waals surface area contributed by atoms with Crippen molar-refractivity contribution in [1.29, 1.82) is 0 Å². The second kappa shape index (κ2) is 4.94. The Balaban J connectivity index is 0.00000131. The highest BCUT2D eigenvalue weighted by molar-refractivity contribution is 5.89. The molecule has 1 aliphatic carbocycles. The van der Waals surface area contributed by atoms with Gasteiger partial charge < -0.3 is 24.3 Å². The van der Waals surface area contributed by atoms with Crippen LogP contribution in [0.25, 0.3) is 11.1 Å². The summed E-state index contributed by atoms with van der Waals surface area (Å²) in [6, 6.07) is 6.64. The second-order valence-corrected chi connectivity index (χ2v) is 6.35. The lowest BCUT2D eigenvalue weighted by Crippen LogP contribution is -2.33. The largest absolute Gasteiger partial charge is 0.454 e. The third kappa shape index (κ3) is 1.69. The molecule has 0 saturated heterocycles. The molecule has 6 rings (SSSR count). The average Bonchev–Trinajstić information content (AvgIpc) is 3.22. The van der Waals surface area contributed by atoms with Gasteiger partial charge >= 0.3 is 0 Å². The molecule has 124 valence electrons. The van der Waals surface area contributed by atoms with Crippen LogP contribution < -0.4 is 24.3 Å². The van der Waals surface area contributed by atoms with E-state index < -0.39 is 0 Å². The summed E-state index contributed by atoms with van der Waals surface area (Å²) in [5.74, 6) is 3.36. The predicted molar refractivity (Wildman–Crippen MR) is 89.5 cm³/mol. The van der Waals surface area contributed by atoms with Crippen LogP contribution in [0.4, 0.5) is 0 Å². The number of nitrogens with one attached hydrogen (secondary N) is 1. The highest BCUT2D eigenvalue weighted by Gasteiger charge is 2.38. The molecule has 0 amide bonds. The summed E-state index contributed by atoms with van der Waals surface area (Å²) in [6.45, 7) is 1.56. The number of fused-ring (bicyclic) bond motifs is 6. The van der Waals surface area contributed by atoms with Crippen LogP contribution >= 0.6 is 12.4 Å². The van der Waals surface area contributed by atoms with Crippen molar-refractivity contribution in [3.8, 4) is 34.1 Å². The monoisotopic (exact) mass is 345 g/mol. The fourth-order valence-corrected chi connectivity index (χ4v) is 4.30. The van der Waals surface area contributed by atoms with Gasteiger partial charge in [0.1, 0.15) is 0 Å². The highest BCUT2D eigenvalue weighted by atomic mass is 35.5. The molecule has 0 bridgehead atoms. The first-order valence-corrected chi connectivity index (χ1v) is 8.01. The maximum atomic E-state index is 5.84. The number of hydrogen-bond acceptors (Lipinski definition) is 5. The molecule has 2 aromatic carbocycles. The molecule has 0 saturated carbocycles. The van der Waals surface area contributed by atoms with Crippen LogP contribution in [-0.2, 0) is 12.8 Å². The van der Waals surface area contributed by atoms with Crippen LogP contribution in [0.2, 0.25) is 0 Å². The normalized spacial score (nSPS) is 20.9.